The van der Waals surface area contributed by atoms with E-state index in [-0.39, 0.29) is 10.6 Å². The van der Waals surface area contributed by atoms with E-state index in [9.17, 15) is 13.2 Å². The fraction of sp³-hybridized carbons (Fsp3) is 0.167. The summed E-state index contributed by atoms with van der Waals surface area (Å²) in [6.07, 6.45) is 2.44. The van der Waals surface area contributed by atoms with Crippen molar-refractivity contribution in [1.29, 1.82) is 0 Å². The summed E-state index contributed by atoms with van der Waals surface area (Å²) in [4.78, 5) is 12.7. The first-order chi connectivity index (χ1) is 15.5. The van der Waals surface area contributed by atoms with E-state index in [0.29, 0.717) is 5.75 Å². The summed E-state index contributed by atoms with van der Waals surface area (Å²) in [5, 5.41) is 3.96. The summed E-state index contributed by atoms with van der Waals surface area (Å²) >= 11 is 0. The predicted molar refractivity (Wildman–Crippen MR) is 126 cm³/mol. The lowest BCUT2D eigenvalue weighted by Crippen LogP contribution is -2.39. The molecular formula is C24H25N3O4S. The lowest BCUT2D eigenvalue weighted by atomic mass is 10.1. The number of amides is 1. The minimum absolute atomic E-state index is 0.0678. The van der Waals surface area contributed by atoms with Gasteiger partial charge in [-0.25, -0.2) is 13.8 Å². The van der Waals surface area contributed by atoms with Gasteiger partial charge in [0.2, 0.25) is 0 Å². The molecule has 1 N–H and O–H groups in total. The number of carbonyl (C=O) groups is 1. The maximum absolute atomic E-state index is 13.3. The standard InChI is InChI=1S/C24H25N3O4S/c1-3-19-13-15-20(16-14-19)17-25-26-24(28)18-27(22-11-7-8-12-23(22)31-2)32(29,30)21-9-5-4-6-10-21/h4-17H,3,18H2,1-2H3,(H,26,28)/b25-17-. The van der Waals surface area contributed by atoms with Crippen molar-refractivity contribution < 1.29 is 17.9 Å². The van der Waals surface area contributed by atoms with E-state index in [0.717, 1.165) is 16.3 Å². The highest BCUT2D eigenvalue weighted by atomic mass is 32.2. The second-order valence-electron chi connectivity index (χ2n) is 6.88. The summed E-state index contributed by atoms with van der Waals surface area (Å²) in [5.74, 6) is -0.254. The smallest absolute Gasteiger partial charge is 0.264 e. The van der Waals surface area contributed by atoms with E-state index in [4.69, 9.17) is 4.74 Å². The summed E-state index contributed by atoms with van der Waals surface area (Å²) in [6.45, 7) is 1.60. The molecular weight excluding hydrogens is 426 g/mol. The average Bonchev–Trinajstić information content (AvgIpc) is 2.83. The van der Waals surface area contributed by atoms with Gasteiger partial charge < -0.3 is 4.74 Å². The van der Waals surface area contributed by atoms with Gasteiger partial charge >= 0.3 is 0 Å². The molecule has 0 saturated carbocycles. The van der Waals surface area contributed by atoms with Crippen LogP contribution in [0.4, 0.5) is 5.69 Å². The van der Waals surface area contributed by atoms with Crippen LogP contribution in [0, 0.1) is 0 Å². The SMILES string of the molecule is CCc1ccc(/C=N\NC(=O)CN(c2ccccc2OC)S(=O)(=O)c2ccccc2)cc1. The number of benzene rings is 3. The molecule has 3 aromatic rings. The predicted octanol–water partition coefficient (Wildman–Crippen LogP) is 3.60. The Kier molecular flexibility index (Phi) is 7.62. The van der Waals surface area contributed by atoms with Gasteiger partial charge in [-0.3, -0.25) is 9.10 Å². The highest BCUT2D eigenvalue weighted by Gasteiger charge is 2.29. The van der Waals surface area contributed by atoms with Crippen LogP contribution in [0.15, 0.2) is 88.9 Å². The second kappa shape index (κ2) is 10.6. The number of nitrogens with zero attached hydrogens (tertiary/aromatic N) is 2. The fourth-order valence-electron chi connectivity index (χ4n) is 3.04. The van der Waals surface area contributed by atoms with Crippen molar-refractivity contribution >= 4 is 27.8 Å². The highest BCUT2D eigenvalue weighted by molar-refractivity contribution is 7.92. The number of para-hydroxylation sites is 2. The zero-order valence-corrected chi connectivity index (χ0v) is 18.7. The molecule has 0 atom stereocenters. The topological polar surface area (TPSA) is 88.1 Å². The van der Waals surface area contributed by atoms with Crippen molar-refractivity contribution in [3.8, 4) is 5.75 Å². The third-order valence-corrected chi connectivity index (χ3v) is 6.54. The molecule has 0 aromatic heterocycles. The molecule has 0 aliphatic heterocycles. The first kappa shape index (κ1) is 23.0. The number of ether oxygens (including phenoxy) is 1. The largest absolute Gasteiger partial charge is 0.495 e. The van der Waals surface area contributed by atoms with Gasteiger partial charge in [0.05, 0.1) is 23.9 Å². The number of hydrogen-bond acceptors (Lipinski definition) is 5. The van der Waals surface area contributed by atoms with Gasteiger partial charge in [0.15, 0.2) is 0 Å². The van der Waals surface area contributed by atoms with Crippen LogP contribution >= 0.6 is 0 Å². The number of sulfonamides is 1. The van der Waals surface area contributed by atoms with Gasteiger partial charge in [-0.15, -0.1) is 0 Å². The Hall–Kier alpha value is -3.65. The van der Waals surface area contributed by atoms with E-state index >= 15 is 0 Å². The van der Waals surface area contributed by atoms with Crippen LogP contribution in [-0.2, 0) is 21.2 Å². The van der Waals surface area contributed by atoms with Gasteiger partial charge in [0.1, 0.15) is 12.3 Å². The Balaban J connectivity index is 1.83. The minimum Gasteiger partial charge on any atom is -0.495 e. The Labute approximate surface area is 188 Å². The number of rotatable bonds is 9. The number of hydrazone groups is 1. The number of hydrogen-bond donors (Lipinski definition) is 1. The Bertz CT molecular complexity index is 1180. The van der Waals surface area contributed by atoms with E-state index in [1.165, 1.54) is 31.0 Å². The molecule has 0 spiro atoms. The second-order valence-corrected chi connectivity index (χ2v) is 8.75. The number of anilines is 1. The molecule has 7 nitrogen and oxygen atoms in total. The van der Waals surface area contributed by atoms with Crippen molar-refractivity contribution in [3.05, 3.63) is 90.0 Å². The van der Waals surface area contributed by atoms with Crippen molar-refractivity contribution in [3.63, 3.8) is 0 Å². The number of methoxy groups -OCH3 is 1. The minimum atomic E-state index is -4.03. The number of nitrogens with one attached hydrogen (secondary N) is 1. The molecule has 0 fully saturated rings. The molecule has 0 radical (unpaired) electrons. The van der Waals surface area contributed by atoms with Crippen molar-refractivity contribution in [1.82, 2.24) is 5.43 Å². The van der Waals surface area contributed by atoms with Crippen molar-refractivity contribution in [2.45, 2.75) is 18.2 Å². The highest BCUT2D eigenvalue weighted by Crippen LogP contribution is 2.31. The van der Waals surface area contributed by atoms with Crippen molar-refractivity contribution in [2.24, 2.45) is 5.10 Å². The monoisotopic (exact) mass is 451 g/mol. The van der Waals surface area contributed by atoms with Crippen LogP contribution in [0.5, 0.6) is 5.75 Å². The summed E-state index contributed by atoms with van der Waals surface area (Å²) in [6, 6.07) is 22.3. The molecule has 3 rings (SSSR count). The van der Waals surface area contributed by atoms with E-state index in [2.05, 4.69) is 17.5 Å². The molecule has 1 amide bonds. The van der Waals surface area contributed by atoms with Crippen LogP contribution < -0.4 is 14.5 Å². The van der Waals surface area contributed by atoms with Crippen LogP contribution in [0.1, 0.15) is 18.1 Å². The molecule has 0 bridgehead atoms. The maximum Gasteiger partial charge on any atom is 0.264 e. The maximum atomic E-state index is 13.3. The molecule has 0 aliphatic carbocycles. The van der Waals surface area contributed by atoms with Gasteiger partial charge in [0.25, 0.3) is 15.9 Å². The molecule has 3 aromatic carbocycles. The Morgan fingerprint density at radius 1 is 1.00 bits per heavy atom. The molecule has 0 unspecified atom stereocenters. The van der Waals surface area contributed by atoms with Gasteiger partial charge in [-0.1, -0.05) is 61.5 Å². The quantitative estimate of drug-likeness (QED) is 0.398. The van der Waals surface area contributed by atoms with Crippen LogP contribution in [0.3, 0.4) is 0 Å². The molecule has 0 saturated heterocycles. The zero-order valence-electron chi connectivity index (χ0n) is 17.9. The van der Waals surface area contributed by atoms with E-state index < -0.39 is 22.5 Å². The third kappa shape index (κ3) is 5.53. The van der Waals surface area contributed by atoms with Crippen LogP contribution in [0.25, 0.3) is 0 Å². The molecule has 166 valence electrons. The molecule has 32 heavy (non-hydrogen) atoms. The van der Waals surface area contributed by atoms with E-state index in [1.54, 1.807) is 42.5 Å². The Morgan fingerprint density at radius 3 is 2.31 bits per heavy atom. The first-order valence-corrected chi connectivity index (χ1v) is 11.5. The van der Waals surface area contributed by atoms with Gasteiger partial charge in [0, 0.05) is 0 Å². The molecule has 0 aliphatic rings. The first-order valence-electron chi connectivity index (χ1n) is 10.1. The fourth-order valence-corrected chi connectivity index (χ4v) is 4.49. The van der Waals surface area contributed by atoms with Crippen LogP contribution in [0.2, 0.25) is 0 Å². The lowest BCUT2D eigenvalue weighted by molar-refractivity contribution is -0.119. The van der Waals surface area contributed by atoms with Gasteiger partial charge in [-0.2, -0.15) is 5.10 Å². The van der Waals surface area contributed by atoms with Crippen LogP contribution in [-0.4, -0.2) is 34.2 Å². The summed E-state index contributed by atoms with van der Waals surface area (Å²) in [7, 11) is -2.58. The number of aryl methyl sites for hydroxylation is 1. The van der Waals surface area contributed by atoms with E-state index in [1.807, 2.05) is 24.3 Å². The average molecular weight is 452 g/mol. The number of carbonyl (C=O) groups excluding carboxylic acids is 1. The third-order valence-electron chi connectivity index (χ3n) is 4.76. The van der Waals surface area contributed by atoms with Gasteiger partial charge in [-0.05, 0) is 41.8 Å². The lowest BCUT2D eigenvalue weighted by Gasteiger charge is -2.25. The summed E-state index contributed by atoms with van der Waals surface area (Å²) in [5.41, 5.74) is 4.68. The molecule has 0 heterocycles. The summed E-state index contributed by atoms with van der Waals surface area (Å²) < 4.78 is 33.0. The Morgan fingerprint density at radius 2 is 1.66 bits per heavy atom. The molecule has 8 heteroatoms. The normalized spacial score (nSPS) is 11.3. The zero-order chi connectivity index (χ0) is 23.0. The van der Waals surface area contributed by atoms with Crippen molar-refractivity contribution in [2.75, 3.05) is 18.0 Å².